The van der Waals surface area contributed by atoms with Crippen LogP contribution in [0.2, 0.25) is 0 Å². The summed E-state index contributed by atoms with van der Waals surface area (Å²) in [5.74, 6) is 0.850. The first-order valence-corrected chi connectivity index (χ1v) is 8.48. The van der Waals surface area contributed by atoms with Crippen LogP contribution in [-0.4, -0.2) is 46.7 Å². The first-order chi connectivity index (χ1) is 10.7. The summed E-state index contributed by atoms with van der Waals surface area (Å²) < 4.78 is 0. The van der Waals surface area contributed by atoms with E-state index in [1.807, 2.05) is 11.4 Å². The lowest BCUT2D eigenvalue weighted by molar-refractivity contribution is -0.142. The van der Waals surface area contributed by atoms with Crippen molar-refractivity contribution in [3.63, 3.8) is 0 Å². The highest BCUT2D eigenvalue weighted by atomic mass is 32.1. The monoisotopic (exact) mass is 318 g/mol. The molecule has 2 saturated heterocycles. The predicted molar refractivity (Wildman–Crippen MR) is 84.9 cm³/mol. The summed E-state index contributed by atoms with van der Waals surface area (Å²) in [4.78, 5) is 24.3. The number of hydrogen-bond acceptors (Lipinski definition) is 6. The zero-order valence-electron chi connectivity index (χ0n) is 12.2. The maximum atomic E-state index is 12.4. The summed E-state index contributed by atoms with van der Waals surface area (Å²) in [6.45, 7) is 1.93. The number of fused-ring (bicyclic) bond motifs is 1. The third-order valence-electron chi connectivity index (χ3n) is 4.86. The van der Waals surface area contributed by atoms with Gasteiger partial charge in [-0.15, -0.1) is 11.3 Å². The van der Waals surface area contributed by atoms with Crippen molar-refractivity contribution >= 4 is 33.3 Å². The van der Waals surface area contributed by atoms with Gasteiger partial charge in [0.2, 0.25) is 5.91 Å². The fourth-order valence-corrected chi connectivity index (χ4v) is 4.38. The third kappa shape index (κ3) is 1.99. The Morgan fingerprint density at radius 1 is 1.45 bits per heavy atom. The van der Waals surface area contributed by atoms with E-state index in [1.54, 1.807) is 17.7 Å². The number of amides is 1. The Bertz CT molecular complexity index is 718. The molecule has 7 heteroatoms. The number of aromatic nitrogens is 2. The summed E-state index contributed by atoms with van der Waals surface area (Å²) >= 11 is 1.59. The molecule has 1 spiro atoms. The Kier molecular flexibility index (Phi) is 3.27. The van der Waals surface area contributed by atoms with E-state index in [0.717, 1.165) is 28.9 Å². The normalized spacial score (nSPS) is 29.0. The highest BCUT2D eigenvalue weighted by Crippen LogP contribution is 2.39. The highest BCUT2D eigenvalue weighted by molar-refractivity contribution is 7.16. The number of carbonyl (C=O) groups is 1. The molecule has 2 aromatic heterocycles. The van der Waals surface area contributed by atoms with Gasteiger partial charge in [0, 0.05) is 19.6 Å². The van der Waals surface area contributed by atoms with Gasteiger partial charge < -0.3 is 15.3 Å². The number of nitrogens with one attached hydrogen (secondary N) is 1. The van der Waals surface area contributed by atoms with Crippen molar-refractivity contribution in [2.75, 3.05) is 24.5 Å². The average Bonchev–Trinajstić information content (AvgIpc) is 3.01. The lowest BCUT2D eigenvalue weighted by atomic mass is 9.71. The number of thiophene rings is 1. The van der Waals surface area contributed by atoms with E-state index < -0.39 is 11.5 Å². The third-order valence-corrected chi connectivity index (χ3v) is 5.68. The molecule has 2 aromatic rings. The van der Waals surface area contributed by atoms with E-state index in [4.69, 9.17) is 0 Å². The SMILES string of the molecule is O=C1NCCC[C@]12CN(c1ncnc3sccc13)CC[C@H]2O. The van der Waals surface area contributed by atoms with Gasteiger partial charge in [0.15, 0.2) is 0 Å². The van der Waals surface area contributed by atoms with E-state index in [9.17, 15) is 9.90 Å². The standard InChI is InChI=1S/C15H18N4O2S/c20-11-2-6-19(8-15(11)4-1-5-16-14(15)21)12-10-3-7-22-13(10)18-9-17-12/h3,7,9,11,20H,1-2,4-6,8H2,(H,16,21)/t11-,15-/m1/s1. The fourth-order valence-electron chi connectivity index (χ4n) is 3.65. The Morgan fingerprint density at radius 3 is 3.23 bits per heavy atom. The molecule has 6 nitrogen and oxygen atoms in total. The van der Waals surface area contributed by atoms with Crippen molar-refractivity contribution in [2.24, 2.45) is 5.41 Å². The molecule has 0 saturated carbocycles. The molecule has 4 heterocycles. The number of aliphatic hydroxyl groups excluding tert-OH is 1. The summed E-state index contributed by atoms with van der Waals surface area (Å²) in [7, 11) is 0. The van der Waals surface area contributed by atoms with Gasteiger partial charge in [-0.1, -0.05) is 0 Å². The quantitative estimate of drug-likeness (QED) is 0.825. The van der Waals surface area contributed by atoms with Gasteiger partial charge >= 0.3 is 0 Å². The van der Waals surface area contributed by atoms with E-state index in [-0.39, 0.29) is 5.91 Å². The minimum Gasteiger partial charge on any atom is -0.392 e. The zero-order valence-corrected chi connectivity index (χ0v) is 13.0. The van der Waals surface area contributed by atoms with Crippen molar-refractivity contribution in [1.29, 1.82) is 0 Å². The van der Waals surface area contributed by atoms with Crippen LogP contribution in [0.15, 0.2) is 17.8 Å². The predicted octanol–water partition coefficient (Wildman–Crippen LogP) is 1.16. The minimum atomic E-state index is -0.705. The summed E-state index contributed by atoms with van der Waals surface area (Å²) in [5.41, 5.74) is -0.705. The number of carbonyl (C=O) groups excluding carboxylic acids is 1. The summed E-state index contributed by atoms with van der Waals surface area (Å²) in [6.07, 6.45) is 3.22. The molecule has 2 aliphatic heterocycles. The van der Waals surface area contributed by atoms with Crippen LogP contribution in [-0.2, 0) is 4.79 Å². The van der Waals surface area contributed by atoms with E-state index in [2.05, 4.69) is 20.2 Å². The van der Waals surface area contributed by atoms with Crippen molar-refractivity contribution in [1.82, 2.24) is 15.3 Å². The molecule has 2 N–H and O–H groups in total. The van der Waals surface area contributed by atoms with Crippen LogP contribution in [0.25, 0.3) is 10.2 Å². The number of rotatable bonds is 1. The van der Waals surface area contributed by atoms with Gasteiger partial charge in [0.05, 0.1) is 16.9 Å². The van der Waals surface area contributed by atoms with E-state index in [1.165, 1.54) is 0 Å². The number of hydrogen-bond donors (Lipinski definition) is 2. The van der Waals surface area contributed by atoms with Gasteiger partial charge in [-0.2, -0.15) is 0 Å². The van der Waals surface area contributed by atoms with Gasteiger partial charge in [-0.25, -0.2) is 9.97 Å². The molecular formula is C15H18N4O2S. The topological polar surface area (TPSA) is 78.4 Å². The Hall–Kier alpha value is -1.73. The second kappa shape index (κ2) is 5.17. The van der Waals surface area contributed by atoms with E-state index >= 15 is 0 Å². The molecule has 0 radical (unpaired) electrons. The van der Waals surface area contributed by atoms with Gasteiger partial charge in [0.25, 0.3) is 0 Å². The number of nitrogens with zero attached hydrogens (tertiary/aromatic N) is 3. The van der Waals surface area contributed by atoms with Gasteiger partial charge in [-0.05, 0) is 30.7 Å². The van der Waals surface area contributed by atoms with Crippen LogP contribution in [0, 0.1) is 5.41 Å². The molecule has 22 heavy (non-hydrogen) atoms. The molecule has 0 aromatic carbocycles. The molecule has 1 amide bonds. The smallest absolute Gasteiger partial charge is 0.230 e. The second-order valence-electron chi connectivity index (χ2n) is 6.08. The second-order valence-corrected chi connectivity index (χ2v) is 6.97. The van der Waals surface area contributed by atoms with Crippen molar-refractivity contribution < 1.29 is 9.90 Å². The molecule has 4 rings (SSSR count). The minimum absolute atomic E-state index is 0.0217. The first kappa shape index (κ1) is 13.9. The Labute approximate surface area is 132 Å². The highest BCUT2D eigenvalue weighted by Gasteiger charge is 2.50. The molecule has 2 atom stereocenters. The van der Waals surface area contributed by atoms with Crippen LogP contribution in [0.4, 0.5) is 5.82 Å². The number of anilines is 1. The molecule has 2 aliphatic rings. The first-order valence-electron chi connectivity index (χ1n) is 7.60. The van der Waals surface area contributed by atoms with Crippen LogP contribution in [0.1, 0.15) is 19.3 Å². The lowest BCUT2D eigenvalue weighted by Crippen LogP contribution is -2.61. The lowest BCUT2D eigenvalue weighted by Gasteiger charge is -2.47. The summed E-state index contributed by atoms with van der Waals surface area (Å²) in [5, 5.41) is 16.4. The number of aliphatic hydroxyl groups is 1. The maximum absolute atomic E-state index is 12.4. The van der Waals surface area contributed by atoms with Crippen LogP contribution >= 0.6 is 11.3 Å². The average molecular weight is 318 g/mol. The molecule has 2 fully saturated rings. The largest absolute Gasteiger partial charge is 0.392 e. The Balaban J connectivity index is 1.72. The zero-order chi connectivity index (χ0) is 15.2. The van der Waals surface area contributed by atoms with Crippen molar-refractivity contribution in [3.05, 3.63) is 17.8 Å². The molecular weight excluding hydrogens is 300 g/mol. The van der Waals surface area contributed by atoms with Gasteiger partial charge in [0.1, 0.15) is 17.0 Å². The van der Waals surface area contributed by atoms with Crippen molar-refractivity contribution in [2.45, 2.75) is 25.4 Å². The van der Waals surface area contributed by atoms with Crippen LogP contribution in [0.5, 0.6) is 0 Å². The van der Waals surface area contributed by atoms with Crippen LogP contribution in [0.3, 0.4) is 0 Å². The maximum Gasteiger partial charge on any atom is 0.230 e. The van der Waals surface area contributed by atoms with Crippen LogP contribution < -0.4 is 10.2 Å². The molecule has 0 unspecified atom stereocenters. The van der Waals surface area contributed by atoms with Crippen molar-refractivity contribution in [3.8, 4) is 0 Å². The molecule has 116 valence electrons. The number of piperidine rings is 2. The Morgan fingerprint density at radius 2 is 2.36 bits per heavy atom. The van der Waals surface area contributed by atoms with E-state index in [0.29, 0.717) is 26.1 Å². The molecule has 0 bridgehead atoms. The fraction of sp³-hybridized carbons (Fsp3) is 0.533. The summed E-state index contributed by atoms with van der Waals surface area (Å²) in [6, 6.07) is 2.02. The van der Waals surface area contributed by atoms with Gasteiger partial charge in [-0.3, -0.25) is 4.79 Å². The molecule has 0 aliphatic carbocycles.